The van der Waals surface area contributed by atoms with E-state index < -0.39 is 6.10 Å². The molecular weight excluding hydrogens is 379 g/mol. The maximum Gasteiger partial charge on any atom is 0.108 e. The van der Waals surface area contributed by atoms with Crippen LogP contribution in [0.5, 0.6) is 0 Å². The van der Waals surface area contributed by atoms with Crippen molar-refractivity contribution in [3.63, 3.8) is 0 Å². The van der Waals surface area contributed by atoms with E-state index in [0.717, 1.165) is 12.8 Å². The number of halogens is 1. The van der Waals surface area contributed by atoms with Gasteiger partial charge in [0, 0.05) is 3.92 Å². The summed E-state index contributed by atoms with van der Waals surface area (Å²) in [5, 5.41) is 19.5. The topological polar surface area (TPSA) is 66.2 Å². The molecule has 0 amide bonds. The molecule has 0 radical (unpaired) electrons. The number of aliphatic hydroxyl groups is 2. The van der Waals surface area contributed by atoms with Crippen LogP contribution in [0.1, 0.15) is 37.3 Å². The van der Waals surface area contributed by atoms with E-state index in [1.807, 2.05) is 30.3 Å². The molecule has 1 unspecified atom stereocenters. The zero-order valence-corrected chi connectivity index (χ0v) is 14.1. The lowest BCUT2D eigenvalue weighted by atomic mass is 10.1. The van der Waals surface area contributed by atoms with E-state index in [9.17, 15) is 5.11 Å². The Hall–Kier alpha value is -1.05. The van der Waals surface area contributed by atoms with Gasteiger partial charge in [-0.1, -0.05) is 48.1 Å². The molecule has 2 rings (SSSR count). The van der Waals surface area contributed by atoms with Crippen molar-refractivity contribution in [3.8, 4) is 11.4 Å². The molecule has 0 spiro atoms. The first kappa shape index (κ1) is 16.3. The van der Waals surface area contributed by atoms with Crippen LogP contribution < -0.4 is 0 Å². The third kappa shape index (κ3) is 4.21. The van der Waals surface area contributed by atoms with Crippen LogP contribution in [-0.4, -0.2) is 24.1 Å². The molecule has 21 heavy (non-hydrogen) atoms. The number of aromatic nitrogens is 2. The lowest BCUT2D eigenvalue weighted by Crippen LogP contribution is -2.13. The summed E-state index contributed by atoms with van der Waals surface area (Å²) >= 11 is 2.27. The van der Waals surface area contributed by atoms with Gasteiger partial charge in [-0.05, 0) is 30.7 Å². The fourth-order valence-electron chi connectivity index (χ4n) is 2.09. The SMILES string of the molecule is CCCC(I)[C@H](O)c1cccc(-c2cccc(CO)n2)n1. The average Bonchev–Trinajstić information content (AvgIpc) is 2.54. The average molecular weight is 398 g/mol. The summed E-state index contributed by atoms with van der Waals surface area (Å²) in [6.07, 6.45) is 1.41. The van der Waals surface area contributed by atoms with Gasteiger partial charge >= 0.3 is 0 Å². The van der Waals surface area contributed by atoms with Gasteiger partial charge in [0.15, 0.2) is 0 Å². The molecule has 0 bridgehead atoms. The predicted octanol–water partition coefficient (Wildman–Crippen LogP) is 3.27. The van der Waals surface area contributed by atoms with E-state index >= 15 is 0 Å². The molecule has 112 valence electrons. The van der Waals surface area contributed by atoms with Crippen LogP contribution in [0.3, 0.4) is 0 Å². The van der Waals surface area contributed by atoms with Gasteiger partial charge in [-0.3, -0.25) is 0 Å². The van der Waals surface area contributed by atoms with Gasteiger partial charge in [-0.25, -0.2) is 9.97 Å². The fraction of sp³-hybridized carbons (Fsp3) is 0.375. The fourth-order valence-corrected chi connectivity index (χ4v) is 3.08. The maximum absolute atomic E-state index is 10.4. The summed E-state index contributed by atoms with van der Waals surface area (Å²) in [6.45, 7) is 2.01. The van der Waals surface area contributed by atoms with Crippen LogP contribution >= 0.6 is 22.6 Å². The molecule has 0 aliphatic heterocycles. The molecule has 0 aliphatic rings. The molecule has 0 saturated carbocycles. The van der Waals surface area contributed by atoms with Crippen LogP contribution in [0.15, 0.2) is 36.4 Å². The van der Waals surface area contributed by atoms with Crippen LogP contribution in [0.25, 0.3) is 11.4 Å². The number of nitrogens with zero attached hydrogens (tertiary/aromatic N) is 2. The normalized spacial score (nSPS) is 13.9. The van der Waals surface area contributed by atoms with Gasteiger partial charge in [-0.2, -0.15) is 0 Å². The number of hydrogen-bond acceptors (Lipinski definition) is 4. The Balaban J connectivity index is 2.28. The predicted molar refractivity (Wildman–Crippen MR) is 91.1 cm³/mol. The van der Waals surface area contributed by atoms with Crippen molar-refractivity contribution in [2.24, 2.45) is 0 Å². The molecular formula is C16H19IN2O2. The van der Waals surface area contributed by atoms with Crippen molar-refractivity contribution in [2.45, 2.75) is 36.4 Å². The number of rotatable bonds is 6. The highest BCUT2D eigenvalue weighted by Gasteiger charge is 2.19. The van der Waals surface area contributed by atoms with E-state index in [2.05, 4.69) is 39.5 Å². The Morgan fingerprint density at radius 2 is 1.76 bits per heavy atom. The quantitative estimate of drug-likeness (QED) is 0.579. The summed E-state index contributed by atoms with van der Waals surface area (Å²) in [5.41, 5.74) is 2.69. The van der Waals surface area contributed by atoms with E-state index in [1.165, 1.54) is 0 Å². The first-order chi connectivity index (χ1) is 10.2. The highest BCUT2D eigenvalue weighted by molar-refractivity contribution is 14.1. The minimum atomic E-state index is -0.577. The molecule has 0 saturated heterocycles. The second kappa shape index (κ2) is 7.82. The summed E-state index contributed by atoms with van der Waals surface area (Å²) in [6, 6.07) is 11.0. The second-order valence-electron chi connectivity index (χ2n) is 4.87. The molecule has 2 N–H and O–H groups in total. The minimum absolute atomic E-state index is 0.0948. The first-order valence-corrected chi connectivity index (χ1v) is 8.26. The lowest BCUT2D eigenvalue weighted by Gasteiger charge is -2.16. The van der Waals surface area contributed by atoms with Crippen LogP contribution in [-0.2, 0) is 6.61 Å². The van der Waals surface area contributed by atoms with Crippen molar-refractivity contribution in [1.82, 2.24) is 9.97 Å². The summed E-state index contributed by atoms with van der Waals surface area (Å²) in [4.78, 5) is 8.87. The van der Waals surface area contributed by atoms with Crippen molar-refractivity contribution >= 4 is 22.6 Å². The van der Waals surface area contributed by atoms with Gasteiger partial charge in [0.05, 0.1) is 29.4 Å². The molecule has 2 aromatic rings. The van der Waals surface area contributed by atoms with Gasteiger partial charge in [0.2, 0.25) is 0 Å². The monoisotopic (exact) mass is 398 g/mol. The smallest absolute Gasteiger partial charge is 0.108 e. The number of hydrogen-bond donors (Lipinski definition) is 2. The Labute approximate surface area is 138 Å². The Bertz CT molecular complexity index is 592. The highest BCUT2D eigenvalue weighted by Crippen LogP contribution is 2.26. The van der Waals surface area contributed by atoms with Crippen molar-refractivity contribution < 1.29 is 10.2 Å². The van der Waals surface area contributed by atoms with E-state index in [-0.39, 0.29) is 10.5 Å². The molecule has 0 aromatic carbocycles. The van der Waals surface area contributed by atoms with Gasteiger partial charge < -0.3 is 10.2 Å². The third-order valence-corrected chi connectivity index (χ3v) is 4.52. The molecule has 2 aromatic heterocycles. The second-order valence-corrected chi connectivity index (χ2v) is 6.47. The summed E-state index contributed by atoms with van der Waals surface area (Å²) in [7, 11) is 0. The van der Waals surface area contributed by atoms with Gasteiger partial charge in [-0.15, -0.1) is 0 Å². The van der Waals surface area contributed by atoms with Gasteiger partial charge in [0.1, 0.15) is 6.10 Å². The molecule has 4 nitrogen and oxygen atoms in total. The molecule has 0 fully saturated rings. The number of aliphatic hydroxyl groups excluding tert-OH is 2. The molecule has 5 heteroatoms. The van der Waals surface area contributed by atoms with E-state index in [1.54, 1.807) is 6.07 Å². The molecule has 2 atom stereocenters. The zero-order chi connectivity index (χ0) is 15.2. The summed E-state index contributed by atoms with van der Waals surface area (Å²) < 4.78 is 0.145. The molecule has 2 heterocycles. The Morgan fingerprint density at radius 3 is 2.43 bits per heavy atom. The van der Waals surface area contributed by atoms with Crippen LogP contribution in [0.2, 0.25) is 0 Å². The minimum Gasteiger partial charge on any atom is -0.390 e. The Kier molecular flexibility index (Phi) is 6.08. The molecule has 0 aliphatic carbocycles. The van der Waals surface area contributed by atoms with Gasteiger partial charge in [0.25, 0.3) is 0 Å². The van der Waals surface area contributed by atoms with Crippen LogP contribution in [0.4, 0.5) is 0 Å². The number of alkyl halides is 1. The number of pyridine rings is 2. The summed E-state index contributed by atoms with van der Waals surface area (Å²) in [5.74, 6) is 0. The third-order valence-electron chi connectivity index (χ3n) is 3.21. The lowest BCUT2D eigenvalue weighted by molar-refractivity contribution is 0.171. The standard InChI is InChI=1S/C16H19IN2O2/c1-2-5-12(17)16(21)15-9-4-8-14(19-15)13-7-3-6-11(10-20)18-13/h3-4,6-9,12,16,20-21H,2,5,10H2,1H3/t12?,16-/m0/s1. The van der Waals surface area contributed by atoms with Crippen molar-refractivity contribution in [3.05, 3.63) is 47.8 Å². The van der Waals surface area contributed by atoms with Crippen molar-refractivity contribution in [1.29, 1.82) is 0 Å². The largest absolute Gasteiger partial charge is 0.390 e. The maximum atomic E-state index is 10.4. The zero-order valence-electron chi connectivity index (χ0n) is 11.9. The van der Waals surface area contributed by atoms with E-state index in [4.69, 9.17) is 5.11 Å². The van der Waals surface area contributed by atoms with Crippen LogP contribution in [0, 0.1) is 0 Å². The Morgan fingerprint density at radius 1 is 1.10 bits per heavy atom. The van der Waals surface area contributed by atoms with Crippen molar-refractivity contribution in [2.75, 3.05) is 0 Å². The van der Waals surface area contributed by atoms with E-state index in [0.29, 0.717) is 22.8 Å². The first-order valence-electron chi connectivity index (χ1n) is 7.02. The highest BCUT2D eigenvalue weighted by atomic mass is 127.